The highest BCUT2D eigenvalue weighted by Gasteiger charge is 2.30. The molecule has 0 spiro atoms. The number of hydrogen-bond donors (Lipinski definition) is 1. The second kappa shape index (κ2) is 6.78. The maximum atomic E-state index is 12.8. The smallest absolute Gasteiger partial charge is 0.346 e. The molecular formula is C18H17F3N4O. The van der Waals surface area contributed by atoms with Crippen LogP contribution in [0.1, 0.15) is 41.4 Å². The van der Waals surface area contributed by atoms with Gasteiger partial charge < -0.3 is 5.32 Å². The number of rotatable bonds is 4. The number of benzene rings is 2. The van der Waals surface area contributed by atoms with Crippen LogP contribution in [0.2, 0.25) is 0 Å². The van der Waals surface area contributed by atoms with Gasteiger partial charge in [0.15, 0.2) is 0 Å². The second-order valence-corrected chi connectivity index (χ2v) is 5.93. The molecule has 0 fully saturated rings. The summed E-state index contributed by atoms with van der Waals surface area (Å²) in [6.07, 6.45) is -4.42. The van der Waals surface area contributed by atoms with E-state index in [9.17, 15) is 18.0 Å². The van der Waals surface area contributed by atoms with E-state index in [0.29, 0.717) is 23.2 Å². The van der Waals surface area contributed by atoms with E-state index >= 15 is 0 Å². The molecule has 3 rings (SSSR count). The molecule has 1 aromatic heterocycles. The molecule has 2 aromatic carbocycles. The van der Waals surface area contributed by atoms with E-state index in [0.717, 1.165) is 17.6 Å². The van der Waals surface area contributed by atoms with Gasteiger partial charge in [0.1, 0.15) is 5.52 Å². The second-order valence-electron chi connectivity index (χ2n) is 5.93. The van der Waals surface area contributed by atoms with Gasteiger partial charge in [-0.05, 0) is 49.7 Å². The minimum absolute atomic E-state index is 0.375. The van der Waals surface area contributed by atoms with E-state index in [1.807, 2.05) is 6.92 Å². The Bertz CT molecular complexity index is 949. The van der Waals surface area contributed by atoms with Crippen molar-refractivity contribution in [1.29, 1.82) is 0 Å². The van der Waals surface area contributed by atoms with Crippen LogP contribution >= 0.6 is 0 Å². The molecule has 1 heterocycles. The summed E-state index contributed by atoms with van der Waals surface area (Å²) in [5.41, 5.74) is 1.42. The molecule has 0 aliphatic carbocycles. The number of fused-ring (bicyclic) bond motifs is 1. The van der Waals surface area contributed by atoms with Crippen LogP contribution in [-0.4, -0.2) is 20.9 Å². The van der Waals surface area contributed by atoms with Gasteiger partial charge in [0, 0.05) is 12.1 Å². The zero-order valence-electron chi connectivity index (χ0n) is 14.2. The average Bonchev–Trinajstić information content (AvgIpc) is 3.03. The van der Waals surface area contributed by atoms with Crippen LogP contribution in [-0.2, 0) is 12.7 Å². The van der Waals surface area contributed by atoms with Gasteiger partial charge >= 0.3 is 6.18 Å². The van der Waals surface area contributed by atoms with Crippen LogP contribution < -0.4 is 5.32 Å². The zero-order valence-corrected chi connectivity index (χ0v) is 14.2. The Morgan fingerprint density at radius 2 is 2.00 bits per heavy atom. The summed E-state index contributed by atoms with van der Waals surface area (Å²) in [4.78, 5) is 12.4. The lowest BCUT2D eigenvalue weighted by atomic mass is 10.0. The van der Waals surface area contributed by atoms with Crippen molar-refractivity contribution in [2.24, 2.45) is 0 Å². The summed E-state index contributed by atoms with van der Waals surface area (Å²) >= 11 is 0. The van der Waals surface area contributed by atoms with Gasteiger partial charge in [-0.1, -0.05) is 17.3 Å². The van der Waals surface area contributed by atoms with Gasteiger partial charge in [-0.3, -0.25) is 4.79 Å². The van der Waals surface area contributed by atoms with Gasteiger partial charge in [-0.15, -0.1) is 5.10 Å². The van der Waals surface area contributed by atoms with E-state index in [1.165, 1.54) is 6.07 Å². The maximum absolute atomic E-state index is 12.8. The number of nitrogens with one attached hydrogen (secondary N) is 1. The molecule has 26 heavy (non-hydrogen) atoms. The van der Waals surface area contributed by atoms with Gasteiger partial charge in [-0.2, -0.15) is 13.2 Å². The number of carbonyl (C=O) groups is 1. The van der Waals surface area contributed by atoms with Crippen molar-refractivity contribution in [2.45, 2.75) is 32.6 Å². The topological polar surface area (TPSA) is 59.8 Å². The van der Waals surface area contributed by atoms with Gasteiger partial charge in [0.05, 0.1) is 17.1 Å². The number of amides is 1. The first-order chi connectivity index (χ1) is 12.3. The largest absolute Gasteiger partial charge is 0.416 e. The number of aryl methyl sites for hydroxylation is 1. The lowest BCUT2D eigenvalue weighted by Crippen LogP contribution is -2.26. The molecule has 1 N–H and O–H groups in total. The first-order valence-electron chi connectivity index (χ1n) is 8.11. The molecule has 0 radical (unpaired) electrons. The summed E-state index contributed by atoms with van der Waals surface area (Å²) < 4.78 is 40.2. The molecule has 0 saturated carbocycles. The van der Waals surface area contributed by atoms with Crippen molar-refractivity contribution < 1.29 is 18.0 Å². The van der Waals surface area contributed by atoms with E-state index in [4.69, 9.17) is 0 Å². The van der Waals surface area contributed by atoms with E-state index in [2.05, 4.69) is 15.6 Å². The fraction of sp³-hybridized carbons (Fsp3) is 0.278. The van der Waals surface area contributed by atoms with Crippen molar-refractivity contribution >= 4 is 16.9 Å². The summed E-state index contributed by atoms with van der Waals surface area (Å²) in [7, 11) is 0. The molecule has 0 aliphatic rings. The van der Waals surface area contributed by atoms with Gasteiger partial charge in [0.2, 0.25) is 0 Å². The standard InChI is InChI=1S/C18H17F3N4O/c1-3-25-16-8-7-13(10-15(16)23-24-25)17(26)22-11(2)12-5-4-6-14(9-12)18(19,20)21/h4-11H,3H2,1-2H3,(H,22,26). The molecular weight excluding hydrogens is 345 g/mol. The average molecular weight is 362 g/mol. The van der Waals surface area contributed by atoms with Crippen LogP contribution in [0.3, 0.4) is 0 Å². The lowest BCUT2D eigenvalue weighted by molar-refractivity contribution is -0.137. The Balaban J connectivity index is 1.79. The monoisotopic (exact) mass is 362 g/mol. The highest BCUT2D eigenvalue weighted by molar-refractivity contribution is 5.97. The first kappa shape index (κ1) is 17.9. The summed E-state index contributed by atoms with van der Waals surface area (Å²) in [6, 6.07) is 9.36. The van der Waals surface area contributed by atoms with Crippen molar-refractivity contribution in [2.75, 3.05) is 0 Å². The van der Waals surface area contributed by atoms with Crippen molar-refractivity contribution in [3.63, 3.8) is 0 Å². The number of aromatic nitrogens is 3. The zero-order chi connectivity index (χ0) is 18.9. The maximum Gasteiger partial charge on any atom is 0.416 e. The molecule has 0 saturated heterocycles. The number of hydrogen-bond acceptors (Lipinski definition) is 3. The fourth-order valence-corrected chi connectivity index (χ4v) is 2.69. The third-order valence-electron chi connectivity index (χ3n) is 4.14. The predicted molar refractivity (Wildman–Crippen MR) is 90.5 cm³/mol. The minimum Gasteiger partial charge on any atom is -0.346 e. The Hall–Kier alpha value is -2.90. The highest BCUT2D eigenvalue weighted by Crippen LogP contribution is 2.30. The summed E-state index contributed by atoms with van der Waals surface area (Å²) in [6.45, 7) is 4.24. The summed E-state index contributed by atoms with van der Waals surface area (Å²) in [5, 5.41) is 10.7. The SMILES string of the molecule is CCn1nnc2cc(C(=O)NC(C)c3cccc(C(F)(F)F)c3)ccc21. The van der Waals surface area contributed by atoms with Crippen LogP contribution in [0, 0.1) is 0 Å². The molecule has 8 heteroatoms. The van der Waals surface area contributed by atoms with E-state index in [1.54, 1.807) is 35.9 Å². The third-order valence-corrected chi connectivity index (χ3v) is 4.14. The summed E-state index contributed by atoms with van der Waals surface area (Å²) in [5.74, 6) is -0.386. The van der Waals surface area contributed by atoms with E-state index in [-0.39, 0.29) is 5.91 Å². The number of nitrogens with zero attached hydrogens (tertiary/aromatic N) is 3. The van der Waals surface area contributed by atoms with E-state index < -0.39 is 17.8 Å². The Labute approximate surface area is 147 Å². The van der Waals surface area contributed by atoms with Gasteiger partial charge in [0.25, 0.3) is 5.91 Å². The number of carbonyl (C=O) groups excluding carboxylic acids is 1. The molecule has 1 amide bonds. The molecule has 136 valence electrons. The number of alkyl halides is 3. The molecule has 3 aromatic rings. The molecule has 5 nitrogen and oxygen atoms in total. The number of halogens is 3. The third kappa shape index (κ3) is 3.54. The molecule has 1 atom stereocenters. The van der Waals surface area contributed by atoms with Crippen molar-refractivity contribution in [3.05, 3.63) is 59.2 Å². The van der Waals surface area contributed by atoms with Crippen LogP contribution in [0.4, 0.5) is 13.2 Å². The van der Waals surface area contributed by atoms with Crippen LogP contribution in [0.15, 0.2) is 42.5 Å². The predicted octanol–water partition coefficient (Wildman–Crippen LogP) is 3.96. The Morgan fingerprint density at radius 1 is 1.23 bits per heavy atom. The Kier molecular flexibility index (Phi) is 4.67. The lowest BCUT2D eigenvalue weighted by Gasteiger charge is -2.16. The molecule has 1 unspecified atom stereocenters. The quantitative estimate of drug-likeness (QED) is 0.764. The molecule has 0 aliphatic heterocycles. The minimum atomic E-state index is -4.42. The molecule has 0 bridgehead atoms. The van der Waals surface area contributed by atoms with Crippen molar-refractivity contribution in [1.82, 2.24) is 20.3 Å². The van der Waals surface area contributed by atoms with Crippen LogP contribution in [0.5, 0.6) is 0 Å². The van der Waals surface area contributed by atoms with Crippen LogP contribution in [0.25, 0.3) is 11.0 Å². The highest BCUT2D eigenvalue weighted by atomic mass is 19.4. The first-order valence-corrected chi connectivity index (χ1v) is 8.11. The van der Waals surface area contributed by atoms with Gasteiger partial charge in [-0.25, -0.2) is 4.68 Å². The van der Waals surface area contributed by atoms with Crippen molar-refractivity contribution in [3.8, 4) is 0 Å². The Morgan fingerprint density at radius 3 is 2.69 bits per heavy atom. The fourth-order valence-electron chi connectivity index (χ4n) is 2.69. The normalized spacial score (nSPS) is 13.0.